The molecule has 492 valence electrons. The maximum absolute atomic E-state index is 13.5. The summed E-state index contributed by atoms with van der Waals surface area (Å²) >= 11 is 0. The first-order chi connectivity index (χ1) is 41.1. The van der Waals surface area contributed by atoms with Gasteiger partial charge in [-0.3, -0.25) is 9.59 Å². The van der Waals surface area contributed by atoms with Gasteiger partial charge in [0.15, 0.2) is 18.9 Å². The van der Waals surface area contributed by atoms with Crippen LogP contribution in [0.2, 0.25) is 0 Å². The molecule has 11 heterocycles. The topological polar surface area (TPSA) is 636 Å². The molecule has 89 heavy (non-hydrogen) atoms. The molecular weight excluding hydrogens is 1240 g/mol. The van der Waals surface area contributed by atoms with Crippen molar-refractivity contribution in [2.45, 2.75) is 204 Å². The number of aliphatic hydroxyl groups is 17. The first-order valence-electron chi connectivity index (χ1n) is 26.8. The molecule has 9 aliphatic rings. The molecule has 5 saturated heterocycles. The van der Waals surface area contributed by atoms with Gasteiger partial charge in [0.1, 0.15) is 146 Å². The number of aromatic nitrogens is 6. The summed E-state index contributed by atoms with van der Waals surface area (Å²) in [4.78, 5) is 52.8. The second-order valence-corrected chi connectivity index (χ2v) is 21.4. The van der Waals surface area contributed by atoms with Crippen LogP contribution in [0.15, 0.2) is 12.4 Å². The van der Waals surface area contributed by atoms with Gasteiger partial charge in [0.25, 0.3) is 0 Å². The number of hydrogen-bond acceptors (Lipinski definition) is 37. The second-order valence-electron chi connectivity index (χ2n) is 21.4. The number of nitrogens with zero attached hydrogens (tertiary/aromatic N) is 6. The first kappa shape index (κ1) is 75.1. The summed E-state index contributed by atoms with van der Waals surface area (Å²) in [7, 11) is 0. The number of aliphatic hydroxyl groups excluding tert-OH is 17. The van der Waals surface area contributed by atoms with Crippen molar-refractivity contribution < 1.29 is 223 Å². The average molecular weight is 1310 g/mol. The molecule has 2 aromatic rings. The van der Waals surface area contributed by atoms with Gasteiger partial charge < -0.3 is 165 Å². The van der Waals surface area contributed by atoms with Gasteiger partial charge in [0, 0.05) is 12.8 Å². The van der Waals surface area contributed by atoms with Crippen LogP contribution < -0.4 is 80.0 Å². The fourth-order valence-corrected chi connectivity index (χ4v) is 10.4. The maximum atomic E-state index is 13.5. The molecule has 0 saturated carbocycles. The van der Waals surface area contributed by atoms with E-state index in [0.717, 1.165) is 21.8 Å². The van der Waals surface area contributed by atoms with Crippen LogP contribution in [-0.2, 0) is 92.9 Å². The molecular formula is C46H68N8Na2O33. The van der Waals surface area contributed by atoms with E-state index in [4.69, 9.17) is 47.4 Å². The van der Waals surface area contributed by atoms with E-state index in [-0.39, 0.29) is 70.5 Å². The monoisotopic (exact) mass is 1310 g/mol. The molecule has 2 aromatic heterocycles. The van der Waals surface area contributed by atoms with Crippen LogP contribution in [0.4, 0.5) is 0 Å². The van der Waals surface area contributed by atoms with Gasteiger partial charge in [-0.25, -0.2) is 9.36 Å². The molecule has 41 nitrogen and oxygen atoms in total. The number of rotatable bonds is 9. The van der Waals surface area contributed by atoms with E-state index in [2.05, 4.69) is 31.3 Å². The Morgan fingerprint density at radius 3 is 1.37 bits per heavy atom. The Labute approximate surface area is 544 Å². The van der Waals surface area contributed by atoms with Crippen molar-refractivity contribution in [2.24, 2.45) is 0 Å². The summed E-state index contributed by atoms with van der Waals surface area (Å²) in [6.45, 7) is -8.52. The average Bonchev–Trinajstić information content (AvgIpc) is 2.56. The summed E-state index contributed by atoms with van der Waals surface area (Å²) in [5.74, 6) is -13.0. The minimum Gasteiger partial charge on any atom is -0.544 e. The smallest absolute Gasteiger partial charge is 0.544 e. The van der Waals surface area contributed by atoms with E-state index in [9.17, 15) is 116 Å². The predicted molar refractivity (Wildman–Crippen MR) is 256 cm³/mol. The summed E-state index contributed by atoms with van der Waals surface area (Å²) in [5.41, 5.74) is -0.229. The number of amides is 2. The van der Waals surface area contributed by atoms with Crippen LogP contribution >= 0.6 is 0 Å². The zero-order valence-corrected chi connectivity index (χ0v) is 51.2. The molecule has 14 bridgehead atoms. The maximum Gasteiger partial charge on any atom is 1.00 e. The van der Waals surface area contributed by atoms with E-state index in [0.29, 0.717) is 0 Å². The molecule has 19 N–H and O–H groups in total. The molecule has 0 aromatic carbocycles. The molecule has 5 fully saturated rings. The Hall–Kier alpha value is -2.92. The number of carboxylic acid groups (broad SMARTS) is 2. The van der Waals surface area contributed by atoms with Gasteiger partial charge >= 0.3 is 59.1 Å². The molecule has 0 spiro atoms. The van der Waals surface area contributed by atoms with Crippen LogP contribution in [0.25, 0.3) is 0 Å². The van der Waals surface area contributed by atoms with Gasteiger partial charge in [-0.2, -0.15) is 0 Å². The third-order valence-electron chi connectivity index (χ3n) is 15.2. The largest absolute Gasteiger partial charge is 1.00 e. The number of hydrogen-bond donors (Lipinski definition) is 19. The molecule has 27 atom stereocenters. The molecule has 43 heteroatoms. The van der Waals surface area contributed by atoms with Crippen molar-refractivity contribution in [3.05, 3.63) is 23.8 Å². The van der Waals surface area contributed by atoms with Gasteiger partial charge in [-0.05, 0) is 0 Å². The summed E-state index contributed by atoms with van der Waals surface area (Å²) in [6, 6.07) is -3.70. The van der Waals surface area contributed by atoms with Gasteiger partial charge in [0.05, 0.1) is 82.9 Å². The van der Waals surface area contributed by atoms with E-state index in [1.807, 2.05) is 0 Å². The van der Waals surface area contributed by atoms with Crippen molar-refractivity contribution >= 4 is 23.8 Å². The normalized spacial score (nSPS) is 41.1. The van der Waals surface area contributed by atoms with Gasteiger partial charge in [-0.1, -0.05) is 10.4 Å². The van der Waals surface area contributed by atoms with Crippen LogP contribution in [0, 0.1) is 0 Å². The quantitative estimate of drug-likeness (QED) is 0.104. The Morgan fingerprint density at radius 1 is 0.573 bits per heavy atom. The third-order valence-corrected chi connectivity index (χ3v) is 15.2. The molecule has 0 unspecified atom stereocenters. The zero-order chi connectivity index (χ0) is 63.6. The Bertz CT molecular complexity index is 2640. The number of carboxylic acids is 2. The standard InChI is InChI=1S/C46H70N8O33.2Na/c55-7-18(60)27(64)38-25-16(58)1-45(86-38,43(74)75)80-12-21-29(66)31(68)34(71)40(83-21)78-10-14-3-53(51-49-14)5-23(62)48-26-17(59)2-46(44(76)77,87-39(26)28(65)19(61)8-56)81-13-22-30(67)32(69)35(72)42(84-22)85-37-20(9-57)82-41(36(73)33(37)70)79-11-15-4-54(52-50-15)6-24(63)47-25;;/h3-4,16-22,25-42,55-61,64-73H,1-2,5-13H2,(H,47,63)(H,48,62)(H,74,75)(H,76,77);;/q;2*+1/p-2/t16-,17-,18+,19+,20+,21+,22+,25+,26+,27+,28+,29-,30-,31-,32-,33+,34+,35+,36+,37+,38+,39+,40+,41+,42-,45+,46+;;/m0../s1. The molecule has 0 aliphatic carbocycles. The van der Waals surface area contributed by atoms with Gasteiger partial charge in [-0.15, -0.1) is 10.2 Å². The predicted octanol–water partition coefficient (Wildman–Crippen LogP) is -23.3. The molecule has 9 aliphatic heterocycles. The van der Waals surface area contributed by atoms with Crippen molar-refractivity contribution in [3.63, 3.8) is 0 Å². The Morgan fingerprint density at radius 2 is 0.966 bits per heavy atom. The molecule has 0 radical (unpaired) electrons. The minimum atomic E-state index is -3.19. The fraction of sp³-hybridized carbons (Fsp3) is 0.826. The summed E-state index contributed by atoms with van der Waals surface area (Å²) in [6.07, 6.45) is -47.9. The third kappa shape index (κ3) is 16.8. The van der Waals surface area contributed by atoms with Gasteiger partial charge in [0.2, 0.25) is 23.4 Å². The van der Waals surface area contributed by atoms with E-state index >= 15 is 0 Å². The Balaban J connectivity index is 0.00000631. The molecule has 11 rings (SSSR count). The number of fused-ring (bicyclic) bond motifs is 3. The SMILES string of the molecule is O=C1Cn2cc(nn2)CO[C@@H]2O[C@H](CO[C@]3(C(=O)[O-])C[C@H](O)[C@@H](NC(=O)Cn4cc(nn4)CO[C@@H]4O[C@H](CO)[C@@H](O[C@@H]5O[C@H](CO[C@]6(C(=O)[O-])C[C@H](O)[C@@H](N1)[C@H]([C@H](O)[C@H](O)CO)O6)[C@H](O)[C@H](O)[C@H]5O)[C@H](O)[C@H]4O)[C@H]([C@H](O)[C@H](O)CO)O3)[C@H](O)[C@H](O)[C@H]2O.[Na+].[Na+]. The Kier molecular flexibility index (Phi) is 27.0. The van der Waals surface area contributed by atoms with Crippen molar-refractivity contribution in [3.8, 4) is 0 Å². The van der Waals surface area contributed by atoms with Crippen LogP contribution in [-0.4, -0.2) is 338 Å². The summed E-state index contributed by atoms with van der Waals surface area (Å²) in [5, 5.41) is 229. The van der Waals surface area contributed by atoms with Crippen molar-refractivity contribution in [2.75, 3.05) is 33.0 Å². The van der Waals surface area contributed by atoms with Crippen molar-refractivity contribution in [1.82, 2.24) is 40.6 Å². The van der Waals surface area contributed by atoms with Crippen LogP contribution in [0.1, 0.15) is 24.2 Å². The second kappa shape index (κ2) is 32.0. The number of aliphatic carboxylic acids is 2. The summed E-state index contributed by atoms with van der Waals surface area (Å²) < 4.78 is 57.8. The number of carbonyl (C=O) groups is 4. The number of nitrogens with one attached hydrogen (secondary N) is 2. The van der Waals surface area contributed by atoms with E-state index < -0.39 is 261 Å². The number of ether oxygens (including phenoxy) is 10. The zero-order valence-electron chi connectivity index (χ0n) is 47.2. The van der Waals surface area contributed by atoms with E-state index in [1.54, 1.807) is 0 Å². The van der Waals surface area contributed by atoms with Crippen molar-refractivity contribution in [1.29, 1.82) is 0 Å². The fourth-order valence-electron chi connectivity index (χ4n) is 10.4. The van der Waals surface area contributed by atoms with E-state index in [1.165, 1.54) is 0 Å². The molecule has 2 amide bonds. The number of carbonyl (C=O) groups excluding carboxylic acids is 4. The van der Waals surface area contributed by atoms with Crippen LogP contribution in [0.3, 0.4) is 0 Å². The first-order valence-corrected chi connectivity index (χ1v) is 26.8. The van der Waals surface area contributed by atoms with Crippen LogP contribution in [0.5, 0.6) is 0 Å². The minimum absolute atomic E-state index is 0.